The van der Waals surface area contributed by atoms with Crippen LogP contribution in [-0.4, -0.2) is 79.2 Å². The van der Waals surface area contributed by atoms with Crippen LogP contribution < -0.4 is 0 Å². The zero-order chi connectivity index (χ0) is 17.1. The van der Waals surface area contributed by atoms with Gasteiger partial charge in [-0.1, -0.05) is 29.8 Å². The molecule has 0 saturated carbocycles. The average molecular weight is 349 g/mol. The summed E-state index contributed by atoms with van der Waals surface area (Å²) in [6.45, 7) is 5.35. The van der Waals surface area contributed by atoms with E-state index in [1.807, 2.05) is 31.1 Å². The van der Waals surface area contributed by atoms with E-state index in [2.05, 4.69) is 28.2 Å². The van der Waals surface area contributed by atoms with Crippen molar-refractivity contribution in [2.24, 2.45) is 0 Å². The second-order valence-electron chi connectivity index (χ2n) is 6.52. The van der Waals surface area contributed by atoms with Crippen LogP contribution in [0.1, 0.15) is 12.0 Å². The van der Waals surface area contributed by atoms with Crippen molar-refractivity contribution in [3.8, 4) is 0 Å². The molecule has 0 spiro atoms. The van der Waals surface area contributed by atoms with Gasteiger partial charge in [-0.05, 0) is 29.7 Å². The van der Waals surface area contributed by atoms with Crippen LogP contribution >= 0.6 is 11.6 Å². The predicted octanol–water partition coefficient (Wildman–Crippen LogP) is 2.64. The van der Waals surface area contributed by atoms with E-state index in [9.17, 15) is 4.79 Å². The Kier molecular flexibility index (Phi) is 5.43. The standard InChI is InChI=1S/C18H25ClN4O/c1-20(2)18(24)21-11-13-23(14-12-21)22-9-7-16(8-10-22)15-3-5-17(19)6-4-15/h3-7H,8-14H2,1-2H3. The average Bonchev–Trinajstić information content (AvgIpc) is 2.62. The molecule has 6 heteroatoms. The quantitative estimate of drug-likeness (QED) is 0.823. The molecule has 1 aromatic rings. The van der Waals surface area contributed by atoms with Crippen molar-refractivity contribution in [2.75, 3.05) is 53.4 Å². The van der Waals surface area contributed by atoms with Crippen LogP contribution in [0.4, 0.5) is 4.79 Å². The number of piperazine rings is 1. The molecule has 0 bridgehead atoms. The predicted molar refractivity (Wildman–Crippen MR) is 97.8 cm³/mol. The smallest absolute Gasteiger partial charge is 0.319 e. The lowest BCUT2D eigenvalue weighted by molar-refractivity contribution is -0.0441. The topological polar surface area (TPSA) is 30.0 Å². The van der Waals surface area contributed by atoms with Gasteiger partial charge in [-0.25, -0.2) is 14.8 Å². The first-order valence-electron chi connectivity index (χ1n) is 8.45. The molecule has 130 valence electrons. The van der Waals surface area contributed by atoms with Crippen LogP contribution in [0, 0.1) is 0 Å². The third kappa shape index (κ3) is 3.91. The SMILES string of the molecule is CN(C)C(=O)N1CCN(N2CC=C(c3ccc(Cl)cc3)CC2)CC1. The van der Waals surface area contributed by atoms with Gasteiger partial charge in [0, 0.05) is 58.4 Å². The number of amides is 2. The number of hydrazine groups is 1. The lowest BCUT2D eigenvalue weighted by atomic mass is 10.0. The number of benzene rings is 1. The Morgan fingerprint density at radius 2 is 1.67 bits per heavy atom. The van der Waals surface area contributed by atoms with Crippen LogP contribution in [0.5, 0.6) is 0 Å². The lowest BCUT2D eigenvalue weighted by Gasteiger charge is -2.42. The van der Waals surface area contributed by atoms with E-state index < -0.39 is 0 Å². The summed E-state index contributed by atoms with van der Waals surface area (Å²) < 4.78 is 0. The number of hydrogen-bond donors (Lipinski definition) is 0. The van der Waals surface area contributed by atoms with Crippen molar-refractivity contribution >= 4 is 23.2 Å². The summed E-state index contributed by atoms with van der Waals surface area (Å²) in [5.74, 6) is 0. The highest BCUT2D eigenvalue weighted by atomic mass is 35.5. The van der Waals surface area contributed by atoms with Gasteiger partial charge in [-0.3, -0.25) is 0 Å². The molecule has 2 heterocycles. The van der Waals surface area contributed by atoms with Gasteiger partial charge in [0.25, 0.3) is 0 Å². The molecule has 5 nitrogen and oxygen atoms in total. The molecule has 0 atom stereocenters. The molecule has 1 aromatic carbocycles. The van der Waals surface area contributed by atoms with E-state index >= 15 is 0 Å². The van der Waals surface area contributed by atoms with Crippen LogP contribution in [0.25, 0.3) is 5.57 Å². The molecule has 0 aromatic heterocycles. The highest BCUT2D eigenvalue weighted by molar-refractivity contribution is 6.30. The molecule has 3 rings (SSSR count). The van der Waals surface area contributed by atoms with Crippen LogP contribution in [-0.2, 0) is 0 Å². The number of carbonyl (C=O) groups excluding carboxylic acids is 1. The maximum Gasteiger partial charge on any atom is 0.319 e. The minimum absolute atomic E-state index is 0.109. The monoisotopic (exact) mass is 348 g/mol. The van der Waals surface area contributed by atoms with Crippen molar-refractivity contribution in [3.63, 3.8) is 0 Å². The Morgan fingerprint density at radius 1 is 1.00 bits per heavy atom. The van der Waals surface area contributed by atoms with Gasteiger partial charge in [0.05, 0.1) is 0 Å². The van der Waals surface area contributed by atoms with Gasteiger partial charge < -0.3 is 9.80 Å². The van der Waals surface area contributed by atoms with E-state index in [1.54, 1.807) is 4.90 Å². The van der Waals surface area contributed by atoms with Crippen molar-refractivity contribution in [2.45, 2.75) is 6.42 Å². The highest BCUT2D eigenvalue weighted by Gasteiger charge is 2.26. The maximum atomic E-state index is 12.0. The van der Waals surface area contributed by atoms with Crippen molar-refractivity contribution in [3.05, 3.63) is 40.9 Å². The summed E-state index contributed by atoms with van der Waals surface area (Å²) in [5, 5.41) is 5.56. The Balaban J connectivity index is 1.54. The van der Waals surface area contributed by atoms with Gasteiger partial charge in [0.15, 0.2) is 0 Å². The minimum Gasteiger partial charge on any atom is -0.331 e. The summed E-state index contributed by atoms with van der Waals surface area (Å²) in [7, 11) is 3.62. The molecule has 2 amide bonds. The fraction of sp³-hybridized carbons (Fsp3) is 0.500. The molecule has 0 N–H and O–H groups in total. The van der Waals surface area contributed by atoms with Gasteiger partial charge in [-0.15, -0.1) is 0 Å². The van der Waals surface area contributed by atoms with E-state index in [0.717, 1.165) is 50.7 Å². The first-order valence-corrected chi connectivity index (χ1v) is 8.83. The zero-order valence-corrected chi connectivity index (χ0v) is 15.2. The van der Waals surface area contributed by atoms with Crippen LogP contribution in [0.15, 0.2) is 30.3 Å². The number of halogens is 1. The summed E-state index contributed by atoms with van der Waals surface area (Å²) in [4.78, 5) is 15.6. The number of rotatable bonds is 2. The summed E-state index contributed by atoms with van der Waals surface area (Å²) in [6, 6.07) is 8.19. The largest absolute Gasteiger partial charge is 0.331 e. The Bertz CT molecular complexity index is 606. The third-order valence-electron chi connectivity index (χ3n) is 4.71. The fourth-order valence-electron chi connectivity index (χ4n) is 3.29. The second-order valence-corrected chi connectivity index (χ2v) is 6.95. The zero-order valence-electron chi connectivity index (χ0n) is 14.4. The highest BCUT2D eigenvalue weighted by Crippen LogP contribution is 2.24. The molecule has 24 heavy (non-hydrogen) atoms. The number of hydrogen-bond acceptors (Lipinski definition) is 3. The maximum absolute atomic E-state index is 12.0. The molecular weight excluding hydrogens is 324 g/mol. The molecular formula is C18H25ClN4O. The Hall–Kier alpha value is -1.56. The summed E-state index contributed by atoms with van der Waals surface area (Å²) in [6.07, 6.45) is 3.35. The Morgan fingerprint density at radius 3 is 2.21 bits per heavy atom. The number of nitrogens with zero attached hydrogens (tertiary/aromatic N) is 4. The van der Waals surface area contributed by atoms with E-state index in [4.69, 9.17) is 11.6 Å². The molecule has 0 unspecified atom stereocenters. The molecule has 1 fully saturated rings. The van der Waals surface area contributed by atoms with Crippen molar-refractivity contribution in [1.29, 1.82) is 0 Å². The van der Waals surface area contributed by atoms with Crippen LogP contribution in [0.2, 0.25) is 5.02 Å². The summed E-state index contributed by atoms with van der Waals surface area (Å²) in [5.41, 5.74) is 2.66. The van der Waals surface area contributed by atoms with Gasteiger partial charge in [-0.2, -0.15) is 0 Å². The second kappa shape index (κ2) is 7.55. The van der Waals surface area contributed by atoms with E-state index in [-0.39, 0.29) is 6.03 Å². The molecule has 2 aliphatic rings. The first-order chi connectivity index (χ1) is 11.5. The first kappa shape index (κ1) is 17.3. The van der Waals surface area contributed by atoms with Gasteiger partial charge in [0.1, 0.15) is 0 Å². The minimum atomic E-state index is 0.109. The normalized spacial score (nSPS) is 20.0. The Labute approximate surface area is 149 Å². The van der Waals surface area contributed by atoms with Crippen molar-refractivity contribution in [1.82, 2.24) is 19.8 Å². The van der Waals surface area contributed by atoms with Gasteiger partial charge >= 0.3 is 6.03 Å². The fourth-order valence-corrected chi connectivity index (χ4v) is 3.42. The number of carbonyl (C=O) groups is 1. The molecule has 1 saturated heterocycles. The lowest BCUT2D eigenvalue weighted by Crippen LogP contribution is -2.57. The number of urea groups is 1. The summed E-state index contributed by atoms with van der Waals surface area (Å²) >= 11 is 5.96. The van der Waals surface area contributed by atoms with Gasteiger partial charge in [0.2, 0.25) is 0 Å². The van der Waals surface area contributed by atoms with Crippen molar-refractivity contribution < 1.29 is 4.79 Å². The molecule has 0 aliphatic carbocycles. The van der Waals surface area contributed by atoms with Crippen LogP contribution in [0.3, 0.4) is 0 Å². The molecule has 0 radical (unpaired) electrons. The molecule has 2 aliphatic heterocycles. The van der Waals surface area contributed by atoms with E-state index in [1.165, 1.54) is 11.1 Å². The third-order valence-corrected chi connectivity index (χ3v) is 4.96. The van der Waals surface area contributed by atoms with E-state index in [0.29, 0.717) is 0 Å².